The molecule has 0 saturated heterocycles. The van der Waals surface area contributed by atoms with Crippen LogP contribution in [0.25, 0.3) is 0 Å². The molecule has 0 bridgehead atoms. The fourth-order valence-electron chi connectivity index (χ4n) is 0.607. The Hall–Kier alpha value is -0.960. The predicted molar refractivity (Wildman–Crippen MR) is 46.5 cm³/mol. The fourth-order valence-corrected chi connectivity index (χ4v) is 0.607. The molecule has 0 atom stereocenters. The second-order valence-corrected chi connectivity index (χ2v) is 1.87. The molecule has 11 heavy (non-hydrogen) atoms. The van der Waals surface area contributed by atoms with Gasteiger partial charge < -0.3 is 5.48 Å². The van der Waals surface area contributed by atoms with Crippen molar-refractivity contribution in [3.8, 4) is 0 Å². The summed E-state index contributed by atoms with van der Waals surface area (Å²) in [5.74, 6) is 0. The van der Waals surface area contributed by atoms with Crippen LogP contribution in [-0.2, 0) is 0 Å². The van der Waals surface area contributed by atoms with E-state index >= 15 is 0 Å². The highest BCUT2D eigenvalue weighted by Gasteiger charge is 1.83. The van der Waals surface area contributed by atoms with Crippen molar-refractivity contribution in [2.24, 2.45) is 0 Å². The van der Waals surface area contributed by atoms with Crippen molar-refractivity contribution in [1.29, 1.82) is 0 Å². The van der Waals surface area contributed by atoms with Gasteiger partial charge in [0.15, 0.2) is 0 Å². The summed E-state index contributed by atoms with van der Waals surface area (Å²) in [6.45, 7) is 7.93. The van der Waals surface area contributed by atoms with Crippen molar-refractivity contribution in [3.63, 3.8) is 0 Å². The molecule has 0 amide bonds. The van der Waals surface area contributed by atoms with Crippen LogP contribution in [0, 0.1) is 13.8 Å². The van der Waals surface area contributed by atoms with Crippen LogP contribution < -0.4 is 0 Å². The number of nitrogens with zero attached hydrogens (tertiary/aromatic N) is 2. The summed E-state index contributed by atoms with van der Waals surface area (Å²) < 4.78 is 0. The Kier molecular flexibility index (Phi) is 8.25. The Balaban J connectivity index is 0. The lowest BCUT2D eigenvalue weighted by atomic mass is 10.3. The first-order valence-electron chi connectivity index (χ1n) is 3.55. The first-order valence-corrected chi connectivity index (χ1v) is 3.55. The van der Waals surface area contributed by atoms with E-state index in [9.17, 15) is 0 Å². The summed E-state index contributed by atoms with van der Waals surface area (Å²) in [4.78, 5) is 0. The molecule has 1 heterocycles. The molecule has 0 aliphatic rings. The molecule has 1 aromatic rings. The molecule has 0 unspecified atom stereocenters. The zero-order valence-corrected chi connectivity index (χ0v) is 7.55. The van der Waals surface area contributed by atoms with E-state index in [-0.39, 0.29) is 5.48 Å². The number of hydrogen-bond donors (Lipinski definition) is 0. The minimum Gasteiger partial charge on any atom is -0.412 e. The Labute approximate surface area is 67.8 Å². The van der Waals surface area contributed by atoms with Crippen molar-refractivity contribution in [2.45, 2.75) is 27.7 Å². The highest BCUT2D eigenvalue weighted by molar-refractivity contribution is 5.08. The lowest BCUT2D eigenvalue weighted by Crippen LogP contribution is -1.84. The monoisotopic (exact) mass is 156 g/mol. The molecule has 3 nitrogen and oxygen atoms in total. The van der Waals surface area contributed by atoms with Gasteiger partial charge in [-0.2, -0.15) is 10.2 Å². The average molecular weight is 156 g/mol. The van der Waals surface area contributed by atoms with Crippen LogP contribution in [0.15, 0.2) is 12.3 Å². The molecule has 0 aliphatic carbocycles. The Morgan fingerprint density at radius 1 is 1.18 bits per heavy atom. The third-order valence-corrected chi connectivity index (χ3v) is 0.913. The third kappa shape index (κ3) is 5.48. The van der Waals surface area contributed by atoms with Gasteiger partial charge in [0.05, 0.1) is 11.9 Å². The van der Waals surface area contributed by atoms with Gasteiger partial charge in [-0.3, -0.25) is 0 Å². The van der Waals surface area contributed by atoms with Crippen molar-refractivity contribution in [2.75, 3.05) is 0 Å². The van der Waals surface area contributed by atoms with Crippen LogP contribution >= 0.6 is 0 Å². The molecule has 0 aliphatic heterocycles. The van der Waals surface area contributed by atoms with E-state index in [2.05, 4.69) is 10.2 Å². The first-order chi connectivity index (χ1) is 4.79. The molecule has 3 heteroatoms. The highest BCUT2D eigenvalue weighted by atomic mass is 16.0. The lowest BCUT2D eigenvalue weighted by molar-refractivity contribution is 0.824. The number of rotatable bonds is 0. The van der Waals surface area contributed by atoms with Crippen LogP contribution in [0.4, 0.5) is 0 Å². The van der Waals surface area contributed by atoms with Gasteiger partial charge in [0.25, 0.3) is 0 Å². The van der Waals surface area contributed by atoms with Crippen LogP contribution in [0.3, 0.4) is 0 Å². The zero-order chi connectivity index (χ0) is 7.98. The number of hydrogen-bond acceptors (Lipinski definition) is 2. The van der Waals surface area contributed by atoms with Gasteiger partial charge in [0.1, 0.15) is 0 Å². The largest absolute Gasteiger partial charge is 0.412 e. The lowest BCUT2D eigenvalue weighted by Gasteiger charge is -1.88. The van der Waals surface area contributed by atoms with Gasteiger partial charge in [0, 0.05) is 0 Å². The molecular formula is C8H16N2O. The van der Waals surface area contributed by atoms with Crippen molar-refractivity contribution in [3.05, 3.63) is 23.5 Å². The van der Waals surface area contributed by atoms with Crippen LogP contribution in [-0.4, -0.2) is 15.7 Å². The van der Waals surface area contributed by atoms with Gasteiger partial charge in [-0.1, -0.05) is 13.8 Å². The maximum absolute atomic E-state index is 3.79. The van der Waals surface area contributed by atoms with Gasteiger partial charge in [-0.05, 0) is 25.5 Å². The van der Waals surface area contributed by atoms with Gasteiger partial charge in [-0.15, -0.1) is 0 Å². The normalized spacial score (nSPS) is 7.27. The van der Waals surface area contributed by atoms with Gasteiger partial charge >= 0.3 is 0 Å². The first kappa shape index (κ1) is 12.7. The summed E-state index contributed by atoms with van der Waals surface area (Å²) in [5, 5.41) is 7.52. The fraction of sp³-hybridized carbons (Fsp3) is 0.500. The van der Waals surface area contributed by atoms with E-state index in [1.54, 1.807) is 6.20 Å². The quantitative estimate of drug-likeness (QED) is 0.568. The Morgan fingerprint density at radius 2 is 1.73 bits per heavy atom. The van der Waals surface area contributed by atoms with Crippen LogP contribution in [0.2, 0.25) is 0 Å². The maximum Gasteiger partial charge on any atom is 0.0602 e. The molecule has 0 spiro atoms. The summed E-state index contributed by atoms with van der Waals surface area (Å²) in [7, 11) is 0. The van der Waals surface area contributed by atoms with Gasteiger partial charge in [0.2, 0.25) is 0 Å². The Bertz CT molecular complexity index is 172. The van der Waals surface area contributed by atoms with E-state index in [0.29, 0.717) is 0 Å². The molecule has 2 N–H and O–H groups in total. The summed E-state index contributed by atoms with van der Waals surface area (Å²) in [6, 6.07) is 1.99. The van der Waals surface area contributed by atoms with E-state index in [0.717, 1.165) is 11.3 Å². The number of aryl methyl sites for hydroxylation is 2. The van der Waals surface area contributed by atoms with E-state index in [1.165, 1.54) is 0 Å². The van der Waals surface area contributed by atoms with E-state index in [1.807, 2.05) is 33.8 Å². The molecule has 0 saturated carbocycles. The molecular weight excluding hydrogens is 140 g/mol. The molecule has 0 radical (unpaired) electrons. The molecule has 1 rings (SSSR count). The summed E-state index contributed by atoms with van der Waals surface area (Å²) in [6.07, 6.45) is 1.74. The third-order valence-electron chi connectivity index (χ3n) is 0.913. The molecule has 1 aromatic heterocycles. The topological polar surface area (TPSA) is 57.3 Å². The predicted octanol–water partition coefficient (Wildman–Crippen LogP) is 1.29. The van der Waals surface area contributed by atoms with E-state index < -0.39 is 0 Å². The maximum atomic E-state index is 3.79. The molecule has 0 fully saturated rings. The van der Waals surface area contributed by atoms with Crippen molar-refractivity contribution < 1.29 is 5.48 Å². The number of aromatic nitrogens is 2. The molecule has 0 aromatic carbocycles. The highest BCUT2D eigenvalue weighted by Crippen LogP contribution is 1.93. The minimum absolute atomic E-state index is 0. The van der Waals surface area contributed by atoms with E-state index in [4.69, 9.17) is 0 Å². The smallest absolute Gasteiger partial charge is 0.0602 e. The van der Waals surface area contributed by atoms with Crippen molar-refractivity contribution >= 4 is 0 Å². The Morgan fingerprint density at radius 3 is 2.00 bits per heavy atom. The second kappa shape index (κ2) is 7.15. The zero-order valence-electron chi connectivity index (χ0n) is 7.55. The summed E-state index contributed by atoms with van der Waals surface area (Å²) >= 11 is 0. The minimum atomic E-state index is 0. The SMILES string of the molecule is CC.Cc1cnnc(C)c1.O. The van der Waals surface area contributed by atoms with Crippen molar-refractivity contribution in [1.82, 2.24) is 10.2 Å². The van der Waals surface area contributed by atoms with Crippen LogP contribution in [0.1, 0.15) is 25.1 Å². The second-order valence-electron chi connectivity index (χ2n) is 1.87. The average Bonchev–Trinajstić information content (AvgIpc) is 1.91. The van der Waals surface area contributed by atoms with Crippen LogP contribution in [0.5, 0.6) is 0 Å². The van der Waals surface area contributed by atoms with Gasteiger partial charge in [-0.25, -0.2) is 0 Å². The summed E-state index contributed by atoms with van der Waals surface area (Å²) in [5.41, 5.74) is 2.14. The standard InChI is InChI=1S/C6H8N2.C2H6.H2O/c1-5-3-6(2)8-7-4-5;1-2;/h3-4H,1-2H3;1-2H3;1H2. The molecule has 64 valence electrons.